The van der Waals surface area contributed by atoms with Crippen molar-refractivity contribution in [3.63, 3.8) is 0 Å². The lowest BCUT2D eigenvalue weighted by molar-refractivity contribution is -0.138. The molecule has 0 spiro atoms. The van der Waals surface area contributed by atoms with E-state index >= 15 is 0 Å². The van der Waals surface area contributed by atoms with E-state index in [2.05, 4.69) is 5.32 Å². The van der Waals surface area contributed by atoms with Crippen molar-refractivity contribution >= 4 is 17.7 Å². The molecule has 0 aromatic rings. The van der Waals surface area contributed by atoms with Crippen molar-refractivity contribution in [2.24, 2.45) is 17.8 Å². The third-order valence-corrected chi connectivity index (χ3v) is 3.87. The van der Waals surface area contributed by atoms with Crippen LogP contribution in [0, 0.1) is 17.8 Å². The summed E-state index contributed by atoms with van der Waals surface area (Å²) in [5.41, 5.74) is 0. The standard InChI is InChI=1S/C16H27NO6/c1-9(2)6-11(15(20)17-5-4-10(3)8-18)7-12(19)13-14(23-13)16(21)22/h9-11,13-14,18H,4-8H2,1-3H3,(H,17,20)(H,21,22)/t10-,11-,13-,14+/m1/s1. The Hall–Kier alpha value is -1.47. The summed E-state index contributed by atoms with van der Waals surface area (Å²) >= 11 is 0. The number of aliphatic hydroxyl groups excluding tert-OH is 1. The van der Waals surface area contributed by atoms with Gasteiger partial charge in [-0.05, 0) is 24.7 Å². The van der Waals surface area contributed by atoms with Crippen molar-refractivity contribution in [1.82, 2.24) is 5.32 Å². The van der Waals surface area contributed by atoms with Crippen LogP contribution in [-0.4, -0.2) is 53.2 Å². The average Bonchev–Trinajstić information content (AvgIpc) is 3.26. The maximum Gasteiger partial charge on any atom is 0.336 e. The van der Waals surface area contributed by atoms with Gasteiger partial charge in [0.2, 0.25) is 5.91 Å². The highest BCUT2D eigenvalue weighted by Gasteiger charge is 2.50. The Morgan fingerprint density at radius 2 is 1.83 bits per heavy atom. The minimum Gasteiger partial charge on any atom is -0.479 e. The first-order valence-corrected chi connectivity index (χ1v) is 8.05. The third kappa shape index (κ3) is 6.66. The molecule has 0 aromatic carbocycles. The number of aliphatic hydroxyl groups is 1. The lowest BCUT2D eigenvalue weighted by Gasteiger charge is -2.18. The van der Waals surface area contributed by atoms with E-state index in [-0.39, 0.29) is 36.6 Å². The molecule has 23 heavy (non-hydrogen) atoms. The zero-order valence-corrected chi connectivity index (χ0v) is 13.9. The van der Waals surface area contributed by atoms with Gasteiger partial charge in [-0.3, -0.25) is 9.59 Å². The number of nitrogens with one attached hydrogen (secondary N) is 1. The number of Topliss-reactive ketones (excluding diaryl/α,β-unsaturated/α-hetero) is 1. The van der Waals surface area contributed by atoms with E-state index in [1.165, 1.54) is 0 Å². The third-order valence-electron chi connectivity index (χ3n) is 3.87. The second kappa shape index (κ2) is 8.98. The van der Waals surface area contributed by atoms with E-state index in [9.17, 15) is 14.4 Å². The molecule has 0 radical (unpaired) electrons. The average molecular weight is 329 g/mol. The predicted molar refractivity (Wildman–Crippen MR) is 82.7 cm³/mol. The Morgan fingerprint density at radius 1 is 1.17 bits per heavy atom. The van der Waals surface area contributed by atoms with Crippen LogP contribution in [0.15, 0.2) is 0 Å². The molecular formula is C16H27NO6. The minimum atomic E-state index is -1.15. The van der Waals surface area contributed by atoms with Gasteiger partial charge in [0.25, 0.3) is 0 Å². The molecule has 4 atom stereocenters. The zero-order chi connectivity index (χ0) is 17.6. The van der Waals surface area contributed by atoms with Gasteiger partial charge in [0.1, 0.15) is 0 Å². The maximum absolute atomic E-state index is 12.3. The molecule has 1 aliphatic heterocycles. The molecule has 1 amide bonds. The van der Waals surface area contributed by atoms with Crippen molar-refractivity contribution in [3.05, 3.63) is 0 Å². The molecule has 0 aliphatic carbocycles. The highest BCUT2D eigenvalue weighted by atomic mass is 16.6. The van der Waals surface area contributed by atoms with Gasteiger partial charge in [-0.2, -0.15) is 0 Å². The normalized spacial score (nSPS) is 22.5. The number of rotatable bonds is 11. The fourth-order valence-corrected chi connectivity index (χ4v) is 2.43. The Labute approximate surface area is 136 Å². The van der Waals surface area contributed by atoms with Crippen molar-refractivity contribution in [1.29, 1.82) is 0 Å². The summed E-state index contributed by atoms with van der Waals surface area (Å²) in [4.78, 5) is 35.0. The molecule has 1 fully saturated rings. The highest BCUT2D eigenvalue weighted by Crippen LogP contribution is 2.27. The van der Waals surface area contributed by atoms with Crippen LogP contribution in [0.1, 0.15) is 40.0 Å². The largest absolute Gasteiger partial charge is 0.479 e. The van der Waals surface area contributed by atoms with Crippen LogP contribution in [-0.2, 0) is 19.1 Å². The molecule has 1 rings (SSSR count). The summed E-state index contributed by atoms with van der Waals surface area (Å²) in [6.45, 7) is 6.33. The second-order valence-electron chi connectivity index (χ2n) is 6.68. The van der Waals surface area contributed by atoms with Gasteiger partial charge >= 0.3 is 5.97 Å². The van der Waals surface area contributed by atoms with E-state index in [0.29, 0.717) is 19.4 Å². The number of ether oxygens (including phenoxy) is 1. The summed E-state index contributed by atoms with van der Waals surface area (Å²) in [6, 6.07) is 0. The van der Waals surface area contributed by atoms with Crippen LogP contribution in [0.3, 0.4) is 0 Å². The van der Waals surface area contributed by atoms with Gasteiger partial charge in [0, 0.05) is 25.5 Å². The molecule has 7 nitrogen and oxygen atoms in total. The summed E-state index contributed by atoms with van der Waals surface area (Å²) in [6.07, 6.45) is -0.761. The first-order chi connectivity index (χ1) is 10.8. The number of amides is 1. The summed E-state index contributed by atoms with van der Waals surface area (Å²) in [5, 5.41) is 20.5. The quantitative estimate of drug-likeness (QED) is 0.478. The number of epoxide rings is 1. The molecule has 0 unspecified atom stereocenters. The number of carboxylic acid groups (broad SMARTS) is 1. The van der Waals surface area contributed by atoms with Crippen LogP contribution < -0.4 is 5.32 Å². The van der Waals surface area contributed by atoms with Crippen LogP contribution in [0.2, 0.25) is 0 Å². The number of carbonyl (C=O) groups excluding carboxylic acids is 2. The molecular weight excluding hydrogens is 302 g/mol. The lowest BCUT2D eigenvalue weighted by atomic mass is 9.90. The fraction of sp³-hybridized carbons (Fsp3) is 0.812. The number of carboxylic acids is 1. The fourth-order valence-electron chi connectivity index (χ4n) is 2.43. The molecule has 7 heteroatoms. The Balaban J connectivity index is 2.50. The van der Waals surface area contributed by atoms with Crippen molar-refractivity contribution in [2.45, 2.75) is 52.2 Å². The monoisotopic (exact) mass is 329 g/mol. The molecule has 132 valence electrons. The van der Waals surface area contributed by atoms with Gasteiger partial charge in [-0.1, -0.05) is 20.8 Å². The van der Waals surface area contributed by atoms with Gasteiger partial charge in [0.15, 0.2) is 18.0 Å². The number of aliphatic carboxylic acids is 1. The van der Waals surface area contributed by atoms with Crippen LogP contribution in [0.5, 0.6) is 0 Å². The second-order valence-corrected chi connectivity index (χ2v) is 6.68. The first kappa shape index (κ1) is 19.6. The summed E-state index contributed by atoms with van der Waals surface area (Å²) in [5.74, 6) is -1.81. The highest BCUT2D eigenvalue weighted by molar-refractivity contribution is 5.95. The van der Waals surface area contributed by atoms with Gasteiger partial charge < -0.3 is 20.3 Å². The smallest absolute Gasteiger partial charge is 0.336 e. The summed E-state index contributed by atoms with van der Waals surface area (Å²) in [7, 11) is 0. The van der Waals surface area contributed by atoms with E-state index in [1.807, 2.05) is 20.8 Å². The molecule has 3 N–H and O–H groups in total. The lowest BCUT2D eigenvalue weighted by Crippen LogP contribution is -2.35. The molecule has 1 aliphatic rings. The number of ketones is 1. The Morgan fingerprint density at radius 3 is 2.30 bits per heavy atom. The van der Waals surface area contributed by atoms with Gasteiger partial charge in [0.05, 0.1) is 0 Å². The molecule has 0 saturated carbocycles. The molecule has 1 heterocycles. The summed E-state index contributed by atoms with van der Waals surface area (Å²) < 4.78 is 4.84. The predicted octanol–water partition coefficient (Wildman–Crippen LogP) is 0.595. The minimum absolute atomic E-state index is 0.00594. The Kier molecular flexibility index (Phi) is 7.64. The van der Waals surface area contributed by atoms with E-state index in [1.54, 1.807) is 0 Å². The van der Waals surface area contributed by atoms with E-state index in [0.717, 1.165) is 0 Å². The van der Waals surface area contributed by atoms with Gasteiger partial charge in [-0.25, -0.2) is 4.79 Å². The van der Waals surface area contributed by atoms with Crippen LogP contribution >= 0.6 is 0 Å². The maximum atomic E-state index is 12.3. The van der Waals surface area contributed by atoms with E-state index < -0.39 is 24.1 Å². The van der Waals surface area contributed by atoms with Crippen molar-refractivity contribution < 1.29 is 29.3 Å². The van der Waals surface area contributed by atoms with Crippen molar-refractivity contribution in [3.8, 4) is 0 Å². The van der Waals surface area contributed by atoms with E-state index in [4.69, 9.17) is 14.9 Å². The Bertz CT molecular complexity index is 436. The molecule has 0 aromatic heterocycles. The zero-order valence-electron chi connectivity index (χ0n) is 13.9. The number of carbonyl (C=O) groups is 3. The first-order valence-electron chi connectivity index (χ1n) is 8.05. The van der Waals surface area contributed by atoms with Gasteiger partial charge in [-0.15, -0.1) is 0 Å². The van der Waals surface area contributed by atoms with Crippen LogP contribution in [0.4, 0.5) is 0 Å². The van der Waals surface area contributed by atoms with Crippen LogP contribution in [0.25, 0.3) is 0 Å². The topological polar surface area (TPSA) is 116 Å². The van der Waals surface area contributed by atoms with Crippen molar-refractivity contribution in [2.75, 3.05) is 13.2 Å². The number of hydrogen-bond donors (Lipinski definition) is 3. The number of hydrogen-bond acceptors (Lipinski definition) is 5. The molecule has 1 saturated heterocycles. The molecule has 0 bridgehead atoms. The SMILES string of the molecule is CC(C)C[C@H](CC(=O)[C@H]1O[C@@H]1C(=O)O)C(=O)NCC[C@@H](C)CO.